The maximum absolute atomic E-state index is 12.2. The van der Waals surface area contributed by atoms with Crippen LogP contribution < -0.4 is 4.72 Å². The van der Waals surface area contributed by atoms with Crippen molar-refractivity contribution in [1.29, 1.82) is 0 Å². The minimum atomic E-state index is -3.27. The quantitative estimate of drug-likeness (QED) is 0.891. The first-order chi connectivity index (χ1) is 9.15. The average molecular weight is 282 g/mol. The average Bonchev–Trinajstić information content (AvgIpc) is 2.80. The molecule has 2 aliphatic heterocycles. The molecule has 2 saturated heterocycles. The summed E-state index contributed by atoms with van der Waals surface area (Å²) in [4.78, 5) is 2.20. The Morgan fingerprint density at radius 3 is 2.58 bits per heavy atom. The summed E-state index contributed by atoms with van der Waals surface area (Å²) >= 11 is 0. The molecule has 0 spiro atoms. The number of ether oxygens (including phenoxy) is 1. The van der Waals surface area contributed by atoms with Crippen molar-refractivity contribution in [2.75, 3.05) is 31.0 Å². The van der Waals surface area contributed by atoms with E-state index < -0.39 is 10.0 Å². The number of hydrogen-bond acceptors (Lipinski definition) is 4. The Balaban J connectivity index is 1.58. The van der Waals surface area contributed by atoms with E-state index in [1.165, 1.54) is 0 Å². The summed E-state index contributed by atoms with van der Waals surface area (Å²) in [7, 11) is -3.27. The van der Waals surface area contributed by atoms with Crippen LogP contribution in [0.2, 0.25) is 0 Å². The minimum absolute atomic E-state index is 0.312. The van der Waals surface area contributed by atoms with Crippen molar-refractivity contribution >= 4 is 15.7 Å². The molecule has 1 aromatic rings. The molecule has 2 heterocycles. The number of nitrogens with one attached hydrogen (secondary N) is 1. The molecule has 0 bridgehead atoms. The maximum atomic E-state index is 12.2. The molecule has 3 rings (SSSR count). The highest BCUT2D eigenvalue weighted by Gasteiger charge is 2.41. The van der Waals surface area contributed by atoms with Crippen molar-refractivity contribution in [2.24, 2.45) is 0 Å². The first-order valence-electron chi connectivity index (χ1n) is 6.53. The summed E-state index contributed by atoms with van der Waals surface area (Å²) in [6.45, 7) is 2.74. The number of sulfonamides is 1. The molecule has 2 aliphatic rings. The van der Waals surface area contributed by atoms with Crippen LogP contribution in [0.25, 0.3) is 0 Å². The highest BCUT2D eigenvalue weighted by atomic mass is 32.2. The van der Waals surface area contributed by atoms with Crippen molar-refractivity contribution in [2.45, 2.75) is 17.7 Å². The predicted molar refractivity (Wildman–Crippen MR) is 73.6 cm³/mol. The van der Waals surface area contributed by atoms with Gasteiger partial charge in [0.1, 0.15) is 5.25 Å². The summed E-state index contributed by atoms with van der Waals surface area (Å²) in [5, 5.41) is -0.312. The van der Waals surface area contributed by atoms with Crippen LogP contribution >= 0.6 is 0 Å². The van der Waals surface area contributed by atoms with Gasteiger partial charge >= 0.3 is 0 Å². The van der Waals surface area contributed by atoms with Gasteiger partial charge in [-0.1, -0.05) is 18.2 Å². The molecule has 0 amide bonds. The highest BCUT2D eigenvalue weighted by molar-refractivity contribution is 7.93. The van der Waals surface area contributed by atoms with Crippen LogP contribution in [0.15, 0.2) is 30.3 Å². The third-order valence-corrected chi connectivity index (χ3v) is 5.47. The van der Waals surface area contributed by atoms with Crippen molar-refractivity contribution in [3.05, 3.63) is 30.3 Å². The van der Waals surface area contributed by atoms with Crippen LogP contribution in [0.1, 0.15) is 6.42 Å². The molecule has 2 fully saturated rings. The largest absolute Gasteiger partial charge is 0.380 e. The standard InChI is InChI=1S/C13H18N2O3S/c16-19(17,14-11-4-2-1-3-5-11)13-8-15(9-13)12-6-7-18-10-12/h1-5,12-14H,6-10H2/t12-/m1/s1. The van der Waals surface area contributed by atoms with Crippen LogP contribution in [-0.4, -0.2) is 50.9 Å². The van der Waals surface area contributed by atoms with Gasteiger partial charge in [-0.2, -0.15) is 0 Å². The molecular weight excluding hydrogens is 264 g/mol. The second-order valence-electron chi connectivity index (χ2n) is 5.11. The lowest BCUT2D eigenvalue weighted by atomic mass is 10.1. The van der Waals surface area contributed by atoms with Gasteiger partial charge in [-0.25, -0.2) is 8.42 Å². The van der Waals surface area contributed by atoms with Gasteiger partial charge < -0.3 is 4.74 Å². The summed E-state index contributed by atoms with van der Waals surface area (Å²) in [6, 6.07) is 9.44. The van der Waals surface area contributed by atoms with E-state index in [-0.39, 0.29) is 5.25 Å². The summed E-state index contributed by atoms with van der Waals surface area (Å²) < 4.78 is 32.3. The van der Waals surface area contributed by atoms with E-state index in [2.05, 4.69) is 9.62 Å². The number of benzene rings is 1. The van der Waals surface area contributed by atoms with E-state index in [1.807, 2.05) is 18.2 Å². The molecule has 0 aliphatic carbocycles. The van der Waals surface area contributed by atoms with Crippen molar-refractivity contribution in [3.8, 4) is 0 Å². The van der Waals surface area contributed by atoms with E-state index in [0.717, 1.165) is 19.6 Å². The van der Waals surface area contributed by atoms with Crippen LogP contribution in [0, 0.1) is 0 Å². The lowest BCUT2D eigenvalue weighted by Crippen LogP contribution is -2.59. The Morgan fingerprint density at radius 2 is 1.95 bits per heavy atom. The van der Waals surface area contributed by atoms with Crippen LogP contribution in [0.4, 0.5) is 5.69 Å². The lowest BCUT2D eigenvalue weighted by molar-refractivity contribution is 0.100. The molecule has 1 N–H and O–H groups in total. The fourth-order valence-electron chi connectivity index (χ4n) is 2.53. The molecular formula is C13H18N2O3S. The SMILES string of the molecule is O=S(=O)(Nc1ccccc1)C1CN([C@@H]2CCOC2)C1. The Labute approximate surface area is 113 Å². The van der Waals surface area contributed by atoms with Gasteiger partial charge in [-0.15, -0.1) is 0 Å². The zero-order valence-electron chi connectivity index (χ0n) is 10.7. The van der Waals surface area contributed by atoms with Gasteiger partial charge in [0.05, 0.1) is 6.61 Å². The Bertz CT molecular complexity index is 520. The van der Waals surface area contributed by atoms with E-state index in [9.17, 15) is 8.42 Å². The van der Waals surface area contributed by atoms with Gasteiger partial charge in [-0.05, 0) is 18.6 Å². The third-order valence-electron chi connectivity index (χ3n) is 3.77. The predicted octanol–water partition coefficient (Wildman–Crippen LogP) is 0.901. The molecule has 0 saturated carbocycles. The Morgan fingerprint density at radius 1 is 1.21 bits per heavy atom. The molecule has 0 unspecified atom stereocenters. The molecule has 104 valence electrons. The van der Waals surface area contributed by atoms with Crippen molar-refractivity contribution in [1.82, 2.24) is 4.90 Å². The smallest absolute Gasteiger partial charge is 0.238 e. The molecule has 0 aromatic heterocycles. The molecule has 6 heteroatoms. The summed E-state index contributed by atoms with van der Waals surface area (Å²) in [5.41, 5.74) is 0.630. The number of nitrogens with zero attached hydrogens (tertiary/aromatic N) is 1. The topological polar surface area (TPSA) is 58.6 Å². The highest BCUT2D eigenvalue weighted by Crippen LogP contribution is 2.24. The van der Waals surface area contributed by atoms with Crippen LogP contribution in [-0.2, 0) is 14.8 Å². The number of hydrogen-bond donors (Lipinski definition) is 1. The van der Waals surface area contributed by atoms with E-state index in [1.54, 1.807) is 12.1 Å². The Hall–Kier alpha value is -1.11. The lowest BCUT2D eigenvalue weighted by Gasteiger charge is -2.41. The Kier molecular flexibility index (Phi) is 3.47. The monoisotopic (exact) mass is 282 g/mol. The van der Waals surface area contributed by atoms with Crippen molar-refractivity contribution in [3.63, 3.8) is 0 Å². The van der Waals surface area contributed by atoms with Gasteiger partial charge in [0.2, 0.25) is 10.0 Å². The van der Waals surface area contributed by atoms with E-state index >= 15 is 0 Å². The zero-order valence-corrected chi connectivity index (χ0v) is 11.5. The fraction of sp³-hybridized carbons (Fsp3) is 0.538. The molecule has 0 radical (unpaired) electrons. The van der Waals surface area contributed by atoms with Crippen LogP contribution in [0.3, 0.4) is 0 Å². The minimum Gasteiger partial charge on any atom is -0.380 e. The van der Waals surface area contributed by atoms with Gasteiger partial charge in [0, 0.05) is 31.4 Å². The van der Waals surface area contributed by atoms with E-state index in [4.69, 9.17) is 4.74 Å². The van der Waals surface area contributed by atoms with Crippen molar-refractivity contribution < 1.29 is 13.2 Å². The van der Waals surface area contributed by atoms with Gasteiger partial charge in [0.15, 0.2) is 0 Å². The van der Waals surface area contributed by atoms with E-state index in [0.29, 0.717) is 24.8 Å². The normalized spacial score (nSPS) is 25.2. The molecule has 5 nitrogen and oxygen atoms in total. The molecule has 19 heavy (non-hydrogen) atoms. The molecule has 1 aromatic carbocycles. The first kappa shape index (κ1) is 12.9. The zero-order chi connectivity index (χ0) is 13.3. The number of rotatable bonds is 4. The number of anilines is 1. The second-order valence-corrected chi connectivity index (χ2v) is 7.07. The second kappa shape index (κ2) is 5.11. The number of para-hydroxylation sites is 1. The van der Waals surface area contributed by atoms with Gasteiger partial charge in [0.25, 0.3) is 0 Å². The fourth-order valence-corrected chi connectivity index (χ4v) is 3.93. The van der Waals surface area contributed by atoms with Gasteiger partial charge in [-0.3, -0.25) is 9.62 Å². The molecule has 1 atom stereocenters. The first-order valence-corrected chi connectivity index (χ1v) is 8.08. The summed E-state index contributed by atoms with van der Waals surface area (Å²) in [6.07, 6.45) is 1.01. The third kappa shape index (κ3) is 2.75. The summed E-state index contributed by atoms with van der Waals surface area (Å²) in [5.74, 6) is 0. The maximum Gasteiger partial charge on any atom is 0.238 e. The van der Waals surface area contributed by atoms with Crippen LogP contribution in [0.5, 0.6) is 0 Å². The number of likely N-dealkylation sites (tertiary alicyclic amines) is 1.